The molecule has 0 radical (unpaired) electrons. The van der Waals surface area contributed by atoms with Gasteiger partial charge in [0.1, 0.15) is 34.5 Å². The van der Waals surface area contributed by atoms with Crippen LogP contribution in [0.2, 0.25) is 0 Å². The van der Waals surface area contributed by atoms with E-state index in [2.05, 4.69) is 0 Å². The molecule has 0 unspecified atom stereocenters. The summed E-state index contributed by atoms with van der Waals surface area (Å²) < 4.78 is 46.0. The standard InChI is InChI=1S/C48H40N6O7/c49-29-1-13-35(14-2-29)55-41-25-27-43(47(59-39-21-9-33(53)10-22-39)45(41)57-37-17-5-31(51)6-18-37)61-44-28-26-42(56-36-15-3-30(50)4-16-36)46(58-38-19-7-32(52)8-20-38)48(44)60-40-23-11-34(54)12-24-40/h1-28H,49-54H2. The van der Waals surface area contributed by atoms with E-state index in [0.717, 1.165) is 0 Å². The van der Waals surface area contributed by atoms with E-state index < -0.39 is 0 Å². The SMILES string of the molecule is Nc1ccc(Oc2ccc(Oc3ccc(Oc4ccc(N)cc4)c(Oc4ccc(N)cc4)c3Oc3ccc(N)cc3)c(Oc3ccc(N)cc3)c2Oc2ccc(N)cc2)cc1. The van der Waals surface area contributed by atoms with Crippen LogP contribution in [0, 0.1) is 0 Å². The highest BCUT2D eigenvalue weighted by Gasteiger charge is 2.27. The van der Waals surface area contributed by atoms with Crippen LogP contribution in [-0.4, -0.2) is 0 Å². The molecule has 13 heteroatoms. The second-order valence-corrected chi connectivity index (χ2v) is 13.6. The summed E-state index contributed by atoms with van der Waals surface area (Å²) in [5.74, 6) is 4.26. The third-order valence-corrected chi connectivity index (χ3v) is 8.92. The molecule has 0 fully saturated rings. The summed E-state index contributed by atoms with van der Waals surface area (Å²) in [6.45, 7) is 0. The topological polar surface area (TPSA) is 221 Å². The van der Waals surface area contributed by atoms with Gasteiger partial charge in [0.15, 0.2) is 23.0 Å². The number of hydrogen-bond donors (Lipinski definition) is 6. The predicted octanol–water partition coefficient (Wildman–Crippen LogP) is 11.7. The van der Waals surface area contributed by atoms with Crippen molar-refractivity contribution in [3.05, 3.63) is 170 Å². The van der Waals surface area contributed by atoms with Crippen molar-refractivity contribution in [2.75, 3.05) is 34.4 Å². The van der Waals surface area contributed by atoms with E-state index in [4.69, 9.17) is 67.6 Å². The maximum Gasteiger partial charge on any atom is 0.216 e. The molecule has 13 nitrogen and oxygen atoms in total. The Morgan fingerprint density at radius 3 is 0.541 bits per heavy atom. The quantitative estimate of drug-likeness (QED) is 0.0563. The fraction of sp³-hybridized carbons (Fsp3) is 0. The van der Waals surface area contributed by atoms with Crippen LogP contribution in [0.25, 0.3) is 0 Å². The molecule has 12 N–H and O–H groups in total. The molecular formula is C48H40N6O7. The Morgan fingerprint density at radius 1 is 0.180 bits per heavy atom. The minimum absolute atomic E-state index is 0.135. The van der Waals surface area contributed by atoms with Crippen LogP contribution in [0.1, 0.15) is 0 Å². The van der Waals surface area contributed by atoms with Crippen LogP contribution in [-0.2, 0) is 0 Å². The summed E-state index contributed by atoms with van der Waals surface area (Å²) in [4.78, 5) is 0. The Bertz CT molecular complexity index is 2560. The molecule has 304 valence electrons. The lowest BCUT2D eigenvalue weighted by Gasteiger charge is -2.22. The smallest absolute Gasteiger partial charge is 0.216 e. The van der Waals surface area contributed by atoms with Crippen molar-refractivity contribution in [3.8, 4) is 80.5 Å². The zero-order valence-corrected chi connectivity index (χ0v) is 32.5. The second kappa shape index (κ2) is 17.3. The number of benzene rings is 8. The van der Waals surface area contributed by atoms with Gasteiger partial charge in [-0.1, -0.05) is 0 Å². The molecule has 0 atom stereocenters. The number of nitrogen functional groups attached to an aromatic ring is 6. The van der Waals surface area contributed by atoms with Gasteiger partial charge in [-0.15, -0.1) is 0 Å². The third-order valence-electron chi connectivity index (χ3n) is 8.92. The number of nitrogens with two attached hydrogens (primary N) is 6. The van der Waals surface area contributed by atoms with Gasteiger partial charge in [-0.25, -0.2) is 0 Å². The highest BCUT2D eigenvalue weighted by Crippen LogP contribution is 2.55. The van der Waals surface area contributed by atoms with Crippen molar-refractivity contribution in [1.82, 2.24) is 0 Å². The lowest BCUT2D eigenvalue weighted by Crippen LogP contribution is -2.00. The zero-order chi connectivity index (χ0) is 42.3. The molecule has 0 aliphatic rings. The highest BCUT2D eigenvalue weighted by molar-refractivity contribution is 5.67. The van der Waals surface area contributed by atoms with Crippen molar-refractivity contribution >= 4 is 34.1 Å². The van der Waals surface area contributed by atoms with Gasteiger partial charge in [0.05, 0.1) is 0 Å². The van der Waals surface area contributed by atoms with Crippen molar-refractivity contribution < 1.29 is 33.2 Å². The van der Waals surface area contributed by atoms with Gasteiger partial charge in [0, 0.05) is 34.1 Å². The molecule has 0 aromatic heterocycles. The first-order valence-corrected chi connectivity index (χ1v) is 18.8. The van der Waals surface area contributed by atoms with Gasteiger partial charge in [0.2, 0.25) is 23.0 Å². The molecule has 0 aliphatic carbocycles. The number of anilines is 6. The lowest BCUT2D eigenvalue weighted by molar-refractivity contribution is 0.349. The van der Waals surface area contributed by atoms with Crippen LogP contribution in [0.3, 0.4) is 0 Å². The summed E-state index contributed by atoms with van der Waals surface area (Å²) in [6, 6.07) is 48.1. The van der Waals surface area contributed by atoms with Gasteiger partial charge < -0.3 is 67.6 Å². The van der Waals surface area contributed by atoms with Crippen molar-refractivity contribution in [3.63, 3.8) is 0 Å². The van der Waals surface area contributed by atoms with Gasteiger partial charge in [-0.3, -0.25) is 0 Å². The number of ether oxygens (including phenoxy) is 7. The maximum atomic E-state index is 6.83. The molecule has 61 heavy (non-hydrogen) atoms. The molecule has 0 aliphatic heterocycles. The summed E-state index contributed by atoms with van der Waals surface area (Å²) >= 11 is 0. The Hall–Kier alpha value is -8.84. The van der Waals surface area contributed by atoms with E-state index in [-0.39, 0.29) is 46.0 Å². The maximum absolute atomic E-state index is 6.83. The largest absolute Gasteiger partial charge is 0.453 e. The average Bonchev–Trinajstić information content (AvgIpc) is 3.26. The molecule has 8 aromatic rings. The number of hydrogen-bond acceptors (Lipinski definition) is 13. The fourth-order valence-electron chi connectivity index (χ4n) is 5.82. The van der Waals surface area contributed by atoms with E-state index in [1.165, 1.54) is 0 Å². The first-order chi connectivity index (χ1) is 29.6. The van der Waals surface area contributed by atoms with Crippen molar-refractivity contribution in [1.29, 1.82) is 0 Å². The highest BCUT2D eigenvalue weighted by atomic mass is 16.6. The van der Waals surface area contributed by atoms with Crippen molar-refractivity contribution in [2.45, 2.75) is 0 Å². The summed E-state index contributed by atoms with van der Waals surface area (Å²) in [5, 5.41) is 0. The molecule has 8 aromatic carbocycles. The molecule has 0 spiro atoms. The van der Waals surface area contributed by atoms with Crippen LogP contribution >= 0.6 is 0 Å². The first kappa shape index (κ1) is 39.0. The monoisotopic (exact) mass is 812 g/mol. The van der Waals surface area contributed by atoms with E-state index in [0.29, 0.717) is 68.6 Å². The Morgan fingerprint density at radius 2 is 0.344 bits per heavy atom. The molecule has 0 amide bonds. The molecular weight excluding hydrogens is 773 g/mol. The normalized spacial score (nSPS) is 10.7. The van der Waals surface area contributed by atoms with Gasteiger partial charge in [-0.2, -0.15) is 0 Å². The molecule has 0 saturated carbocycles. The van der Waals surface area contributed by atoms with Gasteiger partial charge in [-0.05, 0) is 170 Å². The Balaban J connectivity index is 1.31. The van der Waals surface area contributed by atoms with E-state index >= 15 is 0 Å². The predicted molar refractivity (Wildman–Crippen MR) is 239 cm³/mol. The molecule has 8 rings (SSSR count). The number of rotatable bonds is 14. The fourth-order valence-corrected chi connectivity index (χ4v) is 5.82. The second-order valence-electron chi connectivity index (χ2n) is 13.6. The van der Waals surface area contributed by atoms with Crippen LogP contribution in [0.5, 0.6) is 80.5 Å². The van der Waals surface area contributed by atoms with E-state index in [1.54, 1.807) is 170 Å². The summed E-state index contributed by atoms with van der Waals surface area (Å²) in [6.07, 6.45) is 0. The Labute approximate surface area is 351 Å². The molecule has 0 heterocycles. The van der Waals surface area contributed by atoms with Crippen LogP contribution in [0.15, 0.2) is 170 Å². The third kappa shape index (κ3) is 9.66. The molecule has 0 bridgehead atoms. The minimum atomic E-state index is 0.135. The lowest BCUT2D eigenvalue weighted by atomic mass is 10.2. The zero-order valence-electron chi connectivity index (χ0n) is 32.5. The average molecular weight is 813 g/mol. The first-order valence-electron chi connectivity index (χ1n) is 18.8. The van der Waals surface area contributed by atoms with Crippen LogP contribution in [0.4, 0.5) is 34.1 Å². The van der Waals surface area contributed by atoms with Gasteiger partial charge in [0.25, 0.3) is 0 Å². The Kier molecular flexibility index (Phi) is 11.1. The summed E-state index contributed by atoms with van der Waals surface area (Å²) in [5.41, 5.74) is 39.5. The summed E-state index contributed by atoms with van der Waals surface area (Å²) in [7, 11) is 0. The van der Waals surface area contributed by atoms with E-state index in [9.17, 15) is 0 Å². The molecule has 0 saturated heterocycles. The minimum Gasteiger partial charge on any atom is -0.453 e. The van der Waals surface area contributed by atoms with Crippen LogP contribution < -0.4 is 67.6 Å². The van der Waals surface area contributed by atoms with Crippen molar-refractivity contribution in [2.24, 2.45) is 0 Å². The van der Waals surface area contributed by atoms with E-state index in [1.807, 2.05) is 0 Å². The van der Waals surface area contributed by atoms with Gasteiger partial charge >= 0.3 is 0 Å².